The Morgan fingerprint density at radius 2 is 1.11 bits per heavy atom. The summed E-state index contributed by atoms with van der Waals surface area (Å²) >= 11 is 15.4. The number of carboxylic acid groups (broad SMARTS) is 1. The van der Waals surface area contributed by atoms with Gasteiger partial charge in [0.1, 0.15) is 34.3 Å². The normalized spacial score (nSPS) is 17.1. The average molecular weight is 872 g/mol. The smallest absolute Gasteiger partial charge is 0.323 e. The third-order valence-corrected chi connectivity index (χ3v) is 14.6. The van der Waals surface area contributed by atoms with Gasteiger partial charge < -0.3 is 14.6 Å². The Morgan fingerprint density at radius 1 is 0.684 bits per heavy atom. The minimum Gasteiger partial charge on any atom is -0.480 e. The molecule has 0 bridgehead atoms. The summed E-state index contributed by atoms with van der Waals surface area (Å²) in [7, 11) is 1.66. The molecule has 2 saturated heterocycles. The molecule has 0 saturated carbocycles. The van der Waals surface area contributed by atoms with Crippen molar-refractivity contribution in [2.45, 2.75) is 27.3 Å². The highest BCUT2D eigenvalue weighted by Gasteiger charge is 2.34. The number of aromatic nitrogens is 2. The lowest BCUT2D eigenvalue weighted by Gasteiger charge is -2.26. The molecule has 290 valence electrons. The van der Waals surface area contributed by atoms with E-state index in [9.17, 15) is 29.1 Å². The summed E-state index contributed by atoms with van der Waals surface area (Å²) in [4.78, 5) is 70.4. The molecule has 5 aromatic rings. The Labute approximate surface area is 353 Å². The first kappa shape index (κ1) is 40.3. The van der Waals surface area contributed by atoms with Crippen molar-refractivity contribution >= 4 is 136 Å². The average Bonchev–Trinajstić information content (AvgIpc) is 3.85. The van der Waals surface area contributed by atoms with Gasteiger partial charge in [0.05, 0.1) is 9.06 Å². The van der Waals surface area contributed by atoms with Crippen LogP contribution in [0.1, 0.15) is 30.5 Å². The van der Waals surface area contributed by atoms with Crippen molar-refractivity contribution in [3.05, 3.63) is 129 Å². The molecule has 0 atom stereocenters. The zero-order chi connectivity index (χ0) is 40.7. The molecular formula is C40H33N5O6S6. The van der Waals surface area contributed by atoms with Crippen LogP contribution in [0.3, 0.4) is 0 Å². The molecule has 17 heteroatoms. The predicted octanol–water partition coefficient (Wildman–Crippen LogP) is 4.17. The molecule has 57 heavy (non-hydrogen) atoms. The van der Waals surface area contributed by atoms with E-state index in [1.807, 2.05) is 92.7 Å². The molecule has 0 radical (unpaired) electrons. The summed E-state index contributed by atoms with van der Waals surface area (Å²) in [5, 5.41) is 9.59. The highest BCUT2D eigenvalue weighted by Crippen LogP contribution is 2.35. The fraction of sp³-hybridized carbons (Fsp3) is 0.175. The zero-order valence-electron chi connectivity index (χ0n) is 30.9. The highest BCUT2D eigenvalue weighted by molar-refractivity contribution is 8.30. The number of thiazole rings is 2. The Balaban J connectivity index is 1.24. The number of anilines is 3. The van der Waals surface area contributed by atoms with E-state index in [-0.39, 0.29) is 31.5 Å². The molecule has 0 spiro atoms. The molecule has 2 amide bonds. The number of benzene rings is 3. The lowest BCUT2D eigenvalue weighted by Crippen LogP contribution is -2.35. The van der Waals surface area contributed by atoms with E-state index in [0.717, 1.165) is 55.9 Å². The van der Waals surface area contributed by atoms with Gasteiger partial charge in [-0.15, -0.1) is 22.7 Å². The molecule has 0 unspecified atom stereocenters. The molecule has 4 heterocycles. The second kappa shape index (κ2) is 16.5. The molecule has 2 aliphatic rings. The second-order valence-electron chi connectivity index (χ2n) is 12.8. The molecule has 0 aliphatic carbocycles. The first-order valence-electron chi connectivity index (χ1n) is 17.5. The summed E-state index contributed by atoms with van der Waals surface area (Å²) in [6, 6.07) is 23.5. The minimum atomic E-state index is -1.20. The van der Waals surface area contributed by atoms with Crippen molar-refractivity contribution < 1.29 is 19.5 Å². The fourth-order valence-electron chi connectivity index (χ4n) is 6.21. The first-order valence-corrected chi connectivity index (χ1v) is 21.6. The third kappa shape index (κ3) is 7.87. The van der Waals surface area contributed by atoms with Gasteiger partial charge in [0, 0.05) is 37.2 Å². The number of rotatable bonds is 9. The summed E-state index contributed by atoms with van der Waals surface area (Å²) in [5.41, 5.74) is 4.53. The van der Waals surface area contributed by atoms with Crippen LogP contribution in [0.15, 0.2) is 82.4 Å². The lowest BCUT2D eigenvalue weighted by molar-refractivity contribution is -0.137. The molecule has 1 N–H and O–H groups in total. The van der Waals surface area contributed by atoms with Gasteiger partial charge in [-0.1, -0.05) is 89.9 Å². The van der Waals surface area contributed by atoms with Crippen LogP contribution < -0.4 is 34.4 Å². The highest BCUT2D eigenvalue weighted by atomic mass is 32.2. The van der Waals surface area contributed by atoms with E-state index in [2.05, 4.69) is 4.90 Å². The van der Waals surface area contributed by atoms with Crippen LogP contribution in [-0.4, -0.2) is 63.6 Å². The molecule has 2 aliphatic heterocycles. The monoisotopic (exact) mass is 871 g/mol. The maximum absolute atomic E-state index is 13.5. The van der Waals surface area contributed by atoms with Gasteiger partial charge in [-0.2, -0.15) is 0 Å². The largest absolute Gasteiger partial charge is 0.480 e. The number of carboxylic acids is 1. The minimum absolute atomic E-state index is 0.188. The molecular weight excluding hydrogens is 839 g/mol. The number of amides is 2. The van der Waals surface area contributed by atoms with Crippen molar-refractivity contribution in [1.82, 2.24) is 18.9 Å². The third-order valence-electron chi connectivity index (χ3n) is 9.14. The van der Waals surface area contributed by atoms with Crippen molar-refractivity contribution in [3.63, 3.8) is 0 Å². The summed E-state index contributed by atoms with van der Waals surface area (Å²) in [6.07, 6.45) is 3.50. The van der Waals surface area contributed by atoms with Gasteiger partial charge in [0.25, 0.3) is 22.9 Å². The van der Waals surface area contributed by atoms with E-state index in [1.165, 1.54) is 37.5 Å². The van der Waals surface area contributed by atoms with Gasteiger partial charge in [0.2, 0.25) is 0 Å². The Kier molecular flexibility index (Phi) is 11.7. The molecule has 11 nitrogen and oxygen atoms in total. The number of nitrogens with zero attached hydrogens (tertiary/aromatic N) is 5. The number of thiocarbonyl (C=S) groups is 2. The van der Waals surface area contributed by atoms with E-state index < -0.39 is 18.1 Å². The lowest BCUT2D eigenvalue weighted by atomic mass is 10.1. The van der Waals surface area contributed by atoms with Crippen LogP contribution in [0.2, 0.25) is 0 Å². The summed E-state index contributed by atoms with van der Waals surface area (Å²) < 4.78 is 5.08. The second-order valence-corrected chi connectivity index (χ2v) is 18.2. The number of aliphatic carboxylic acids is 1. The number of thioether (sulfide) groups is 2. The quantitative estimate of drug-likeness (QED) is 0.215. The van der Waals surface area contributed by atoms with Crippen LogP contribution in [0.4, 0.5) is 17.1 Å². The van der Waals surface area contributed by atoms with Crippen LogP contribution in [-0.2, 0) is 28.0 Å². The maximum Gasteiger partial charge on any atom is 0.323 e. The van der Waals surface area contributed by atoms with Gasteiger partial charge in [-0.05, 0) is 80.4 Å². The van der Waals surface area contributed by atoms with Gasteiger partial charge in [0.15, 0.2) is 0 Å². The van der Waals surface area contributed by atoms with Crippen LogP contribution >= 0.6 is 70.6 Å². The summed E-state index contributed by atoms with van der Waals surface area (Å²) in [5.74, 6) is -1.73. The predicted molar refractivity (Wildman–Crippen MR) is 239 cm³/mol. The fourth-order valence-corrected chi connectivity index (χ4v) is 11.5. The van der Waals surface area contributed by atoms with E-state index in [0.29, 0.717) is 41.4 Å². The number of carbonyl (C=O) groups is 3. The number of aryl methyl sites for hydroxylation is 1. The van der Waals surface area contributed by atoms with Gasteiger partial charge in [-0.25, -0.2) is 0 Å². The van der Waals surface area contributed by atoms with Crippen molar-refractivity contribution in [3.8, 4) is 0 Å². The topological polar surface area (TPSA) is 125 Å². The number of hydrogen-bond acceptors (Lipinski definition) is 12. The zero-order valence-corrected chi connectivity index (χ0v) is 35.8. The van der Waals surface area contributed by atoms with E-state index >= 15 is 0 Å². The Hall–Kier alpha value is -4.91. The Bertz CT molecular complexity index is 2880. The number of carbonyl (C=O) groups excluding carboxylic acids is 2. The Morgan fingerprint density at radius 3 is 1.54 bits per heavy atom. The van der Waals surface area contributed by atoms with Crippen LogP contribution in [0, 0.1) is 6.92 Å². The maximum atomic E-state index is 13.5. The van der Waals surface area contributed by atoms with Gasteiger partial charge >= 0.3 is 5.97 Å². The van der Waals surface area contributed by atoms with Gasteiger partial charge in [-0.3, -0.25) is 38.3 Å². The van der Waals surface area contributed by atoms with Crippen LogP contribution in [0.25, 0.3) is 22.0 Å². The SMILES string of the molecule is CCN1C(=O)/C(=c2\sc(=Cc3ccc(N(c4ccc(C)cc4)c4ccc(/C=c5/s/c(=C6/SC(=S)N(CC)C6=O)n(CC(=O)O)c5=O)cc4)cc3)c(=O)n2C)SC1=S. The molecule has 2 fully saturated rings. The first-order chi connectivity index (χ1) is 27.3. The van der Waals surface area contributed by atoms with Crippen molar-refractivity contribution in [2.24, 2.45) is 7.05 Å². The van der Waals surface area contributed by atoms with Crippen LogP contribution in [0.5, 0.6) is 0 Å². The summed E-state index contributed by atoms with van der Waals surface area (Å²) in [6.45, 7) is 5.92. The standard InChI is InChI=1S/C40H33N5O6S6/c1-5-42-35(50)31(56-39(42)52)37-41(4)33(48)28(54-37)19-23-9-15-26(16-10-23)45(25-13-7-22(3)8-14-25)27-17-11-24(12-18-27)20-29-34(49)44(21-30(46)47)38(55-29)32-36(51)43(6-2)40(53)57-32/h7-20H,5-6,21H2,1-4H3,(H,46,47)/b28-19?,29-20+,37-31+,38-32+. The molecule has 7 rings (SSSR count). The molecule has 3 aromatic carbocycles. The number of hydrogen-bond donors (Lipinski definition) is 1. The van der Waals surface area contributed by atoms with Crippen molar-refractivity contribution in [1.29, 1.82) is 0 Å². The van der Waals surface area contributed by atoms with E-state index in [4.69, 9.17) is 24.4 Å². The van der Waals surface area contributed by atoms with Crippen molar-refractivity contribution in [2.75, 3.05) is 18.0 Å². The van der Waals surface area contributed by atoms with E-state index in [1.54, 1.807) is 20.0 Å². The molecule has 2 aromatic heterocycles.